The molecule has 0 aliphatic rings. The SMILES string of the molecule is Cn1c(=O)[nH]cc(C(=O)Nc2ccccn2)c1=O. The summed E-state index contributed by atoms with van der Waals surface area (Å²) in [7, 11) is 1.29. The third-order valence-electron chi connectivity index (χ3n) is 2.33. The Bertz CT molecular complexity index is 687. The molecular weight excluding hydrogens is 236 g/mol. The lowest BCUT2D eigenvalue weighted by Crippen LogP contribution is -2.37. The van der Waals surface area contributed by atoms with Crippen LogP contribution in [0.3, 0.4) is 0 Å². The van der Waals surface area contributed by atoms with E-state index in [9.17, 15) is 14.4 Å². The summed E-state index contributed by atoms with van der Waals surface area (Å²) in [5.74, 6) is -0.290. The summed E-state index contributed by atoms with van der Waals surface area (Å²) >= 11 is 0. The molecule has 0 unspecified atom stereocenters. The van der Waals surface area contributed by atoms with E-state index in [-0.39, 0.29) is 5.56 Å². The fourth-order valence-corrected chi connectivity index (χ4v) is 1.35. The number of nitrogens with one attached hydrogen (secondary N) is 2. The summed E-state index contributed by atoms with van der Waals surface area (Å²) in [6, 6.07) is 5.00. The maximum absolute atomic E-state index is 11.8. The molecule has 7 heteroatoms. The van der Waals surface area contributed by atoms with Gasteiger partial charge in [-0.15, -0.1) is 0 Å². The van der Waals surface area contributed by atoms with Crippen LogP contribution in [0.15, 0.2) is 40.2 Å². The number of carbonyl (C=O) groups excluding carboxylic acids is 1. The number of hydrogen-bond donors (Lipinski definition) is 2. The summed E-state index contributed by atoms with van der Waals surface area (Å²) in [4.78, 5) is 40.8. The van der Waals surface area contributed by atoms with Crippen molar-refractivity contribution in [3.8, 4) is 0 Å². The molecule has 0 atom stereocenters. The zero-order valence-electron chi connectivity index (χ0n) is 9.51. The summed E-state index contributed by atoms with van der Waals surface area (Å²) in [5, 5.41) is 2.46. The smallest absolute Gasteiger partial charge is 0.313 e. The Kier molecular flexibility index (Phi) is 3.05. The van der Waals surface area contributed by atoms with Gasteiger partial charge in [-0.3, -0.25) is 14.2 Å². The van der Waals surface area contributed by atoms with Gasteiger partial charge in [0, 0.05) is 19.4 Å². The first-order valence-electron chi connectivity index (χ1n) is 5.10. The number of amides is 1. The molecule has 0 spiro atoms. The van der Waals surface area contributed by atoms with Gasteiger partial charge < -0.3 is 10.3 Å². The van der Waals surface area contributed by atoms with Crippen LogP contribution in [0.2, 0.25) is 0 Å². The highest BCUT2D eigenvalue weighted by atomic mass is 16.2. The van der Waals surface area contributed by atoms with Crippen LogP contribution in [0.1, 0.15) is 10.4 Å². The molecule has 92 valence electrons. The van der Waals surface area contributed by atoms with Crippen molar-refractivity contribution in [2.24, 2.45) is 7.05 Å². The largest absolute Gasteiger partial charge is 0.328 e. The van der Waals surface area contributed by atoms with E-state index in [4.69, 9.17) is 0 Å². The first kappa shape index (κ1) is 11.8. The summed E-state index contributed by atoms with van der Waals surface area (Å²) in [6.45, 7) is 0. The third kappa shape index (κ3) is 2.19. The van der Waals surface area contributed by atoms with Gasteiger partial charge in [-0.05, 0) is 12.1 Å². The number of pyridine rings is 1. The highest BCUT2D eigenvalue weighted by Gasteiger charge is 2.13. The number of aromatic amines is 1. The van der Waals surface area contributed by atoms with Gasteiger partial charge in [-0.1, -0.05) is 6.07 Å². The highest BCUT2D eigenvalue weighted by Crippen LogP contribution is 2.01. The molecule has 2 aromatic heterocycles. The number of rotatable bonds is 2. The van der Waals surface area contributed by atoms with Crippen LogP contribution < -0.4 is 16.6 Å². The van der Waals surface area contributed by atoms with Crippen LogP contribution in [0.4, 0.5) is 5.82 Å². The monoisotopic (exact) mass is 246 g/mol. The Morgan fingerprint density at radius 3 is 2.83 bits per heavy atom. The number of hydrogen-bond acceptors (Lipinski definition) is 4. The molecule has 2 aromatic rings. The molecule has 0 saturated carbocycles. The maximum Gasteiger partial charge on any atom is 0.328 e. The van der Waals surface area contributed by atoms with Crippen molar-refractivity contribution < 1.29 is 4.79 Å². The molecule has 0 aliphatic heterocycles. The fraction of sp³-hybridized carbons (Fsp3) is 0.0909. The van der Waals surface area contributed by atoms with Crippen molar-refractivity contribution >= 4 is 11.7 Å². The van der Waals surface area contributed by atoms with Crippen LogP contribution >= 0.6 is 0 Å². The van der Waals surface area contributed by atoms with Gasteiger partial charge in [0.05, 0.1) is 0 Å². The predicted molar refractivity (Wildman–Crippen MR) is 64.5 cm³/mol. The maximum atomic E-state index is 11.8. The lowest BCUT2D eigenvalue weighted by molar-refractivity contribution is 0.102. The third-order valence-corrected chi connectivity index (χ3v) is 2.33. The van der Waals surface area contributed by atoms with Gasteiger partial charge in [-0.25, -0.2) is 9.78 Å². The van der Waals surface area contributed by atoms with Gasteiger partial charge in [0.15, 0.2) is 0 Å². The summed E-state index contributed by atoms with van der Waals surface area (Å²) < 4.78 is 0.827. The minimum absolute atomic E-state index is 0.150. The van der Waals surface area contributed by atoms with E-state index >= 15 is 0 Å². The Balaban J connectivity index is 2.34. The van der Waals surface area contributed by atoms with Crippen LogP contribution in [0.5, 0.6) is 0 Å². The molecule has 18 heavy (non-hydrogen) atoms. The molecule has 2 N–H and O–H groups in total. The average molecular weight is 246 g/mol. The normalized spacial score (nSPS) is 10.1. The van der Waals surface area contributed by atoms with Crippen molar-refractivity contribution in [1.82, 2.24) is 14.5 Å². The summed E-state index contributed by atoms with van der Waals surface area (Å²) in [6.07, 6.45) is 2.60. The standard InChI is InChI=1S/C11H10N4O3/c1-15-10(17)7(6-13-11(15)18)9(16)14-8-4-2-3-5-12-8/h2-6H,1H3,(H,13,18)(H,12,14,16). The average Bonchev–Trinajstić information content (AvgIpc) is 2.37. The minimum Gasteiger partial charge on any atom is -0.313 e. The second-order valence-electron chi connectivity index (χ2n) is 3.54. The van der Waals surface area contributed by atoms with Crippen molar-refractivity contribution in [1.29, 1.82) is 0 Å². The van der Waals surface area contributed by atoms with E-state index < -0.39 is 17.2 Å². The van der Waals surface area contributed by atoms with E-state index in [0.717, 1.165) is 10.8 Å². The molecule has 0 fully saturated rings. The van der Waals surface area contributed by atoms with E-state index in [0.29, 0.717) is 5.82 Å². The van der Waals surface area contributed by atoms with Gasteiger partial charge in [-0.2, -0.15) is 0 Å². The number of aromatic nitrogens is 3. The first-order chi connectivity index (χ1) is 8.59. The fourth-order valence-electron chi connectivity index (χ4n) is 1.35. The van der Waals surface area contributed by atoms with Crippen LogP contribution in [0.25, 0.3) is 0 Å². The number of carbonyl (C=O) groups is 1. The molecule has 0 aromatic carbocycles. The van der Waals surface area contributed by atoms with Crippen LogP contribution in [-0.2, 0) is 7.05 Å². The van der Waals surface area contributed by atoms with Crippen LogP contribution in [-0.4, -0.2) is 20.4 Å². The van der Waals surface area contributed by atoms with Crippen LogP contribution in [0, 0.1) is 0 Å². The molecule has 7 nitrogen and oxygen atoms in total. The van der Waals surface area contributed by atoms with Crippen molar-refractivity contribution in [3.05, 3.63) is 57.0 Å². The first-order valence-corrected chi connectivity index (χ1v) is 5.10. The molecule has 2 rings (SSSR count). The summed E-state index contributed by atoms with van der Waals surface area (Å²) in [5.41, 5.74) is -1.38. The van der Waals surface area contributed by atoms with Crippen molar-refractivity contribution in [3.63, 3.8) is 0 Å². The van der Waals surface area contributed by atoms with E-state index in [2.05, 4.69) is 15.3 Å². The number of H-pyrrole nitrogens is 1. The Labute approximate surface area is 101 Å². The zero-order chi connectivity index (χ0) is 13.1. The minimum atomic E-state index is -0.660. The lowest BCUT2D eigenvalue weighted by Gasteiger charge is -2.04. The lowest BCUT2D eigenvalue weighted by atomic mass is 10.3. The van der Waals surface area contributed by atoms with E-state index in [1.165, 1.54) is 13.2 Å². The number of nitrogens with zero attached hydrogens (tertiary/aromatic N) is 2. The van der Waals surface area contributed by atoms with E-state index in [1.807, 2.05) is 0 Å². The molecule has 0 aliphatic carbocycles. The molecule has 2 heterocycles. The van der Waals surface area contributed by atoms with Gasteiger partial charge in [0.1, 0.15) is 11.4 Å². The second-order valence-corrected chi connectivity index (χ2v) is 3.54. The molecule has 1 amide bonds. The topological polar surface area (TPSA) is 96.8 Å². The van der Waals surface area contributed by atoms with Crippen molar-refractivity contribution in [2.75, 3.05) is 5.32 Å². The molecule has 0 bridgehead atoms. The molecule has 0 saturated heterocycles. The molecular formula is C11H10N4O3. The van der Waals surface area contributed by atoms with Crippen molar-refractivity contribution in [2.45, 2.75) is 0 Å². The highest BCUT2D eigenvalue weighted by molar-refractivity contribution is 6.03. The second kappa shape index (κ2) is 4.66. The quantitative estimate of drug-likeness (QED) is 0.761. The molecule has 0 radical (unpaired) electrons. The van der Waals surface area contributed by atoms with E-state index in [1.54, 1.807) is 18.2 Å². The Hall–Kier alpha value is -2.70. The predicted octanol–water partition coefficient (Wildman–Crippen LogP) is -0.279. The Morgan fingerprint density at radius 1 is 1.39 bits per heavy atom. The zero-order valence-corrected chi connectivity index (χ0v) is 9.51. The van der Waals surface area contributed by atoms with Gasteiger partial charge in [0.2, 0.25) is 0 Å². The van der Waals surface area contributed by atoms with Gasteiger partial charge >= 0.3 is 5.69 Å². The van der Waals surface area contributed by atoms with Gasteiger partial charge in [0.25, 0.3) is 11.5 Å². The Morgan fingerprint density at radius 2 is 2.17 bits per heavy atom. The number of anilines is 1.